The highest BCUT2D eigenvalue weighted by atomic mass is 28.3. The first-order chi connectivity index (χ1) is 12.1. The number of benzene rings is 1. The Bertz CT molecular complexity index is 717. The lowest BCUT2D eigenvalue weighted by Gasteiger charge is -2.37. The van der Waals surface area contributed by atoms with E-state index < -0.39 is 16.9 Å². The van der Waals surface area contributed by atoms with Gasteiger partial charge in [-0.05, 0) is 29.5 Å². The van der Waals surface area contributed by atoms with Gasteiger partial charge in [0.15, 0.2) is 0 Å². The summed E-state index contributed by atoms with van der Waals surface area (Å²) in [6.07, 6.45) is 8.10. The molecule has 0 heterocycles. The van der Waals surface area contributed by atoms with Gasteiger partial charge in [0.1, 0.15) is 13.8 Å². The molecule has 0 bridgehead atoms. The minimum absolute atomic E-state index is 0.0998. The zero-order valence-electron chi connectivity index (χ0n) is 18.4. The third-order valence-electron chi connectivity index (χ3n) is 6.17. The van der Waals surface area contributed by atoms with Crippen molar-refractivity contribution in [1.82, 2.24) is 0 Å². The smallest absolute Gasteiger partial charge is 0.122 e. The van der Waals surface area contributed by atoms with E-state index in [4.69, 9.17) is 4.74 Å². The van der Waals surface area contributed by atoms with Crippen molar-refractivity contribution in [2.45, 2.75) is 78.6 Å². The van der Waals surface area contributed by atoms with Gasteiger partial charge in [0.25, 0.3) is 0 Å². The van der Waals surface area contributed by atoms with E-state index in [1.54, 1.807) is 15.6 Å². The Hall–Kier alpha value is -1.07. The average molecular weight is 387 g/mol. The second-order valence-electron chi connectivity index (χ2n) is 9.08. The van der Waals surface area contributed by atoms with Crippen LogP contribution in [0.25, 0.3) is 0 Å². The maximum absolute atomic E-state index is 6.23. The molecular formula is C23H38OSi2. The lowest BCUT2D eigenvalue weighted by Crippen LogP contribution is -2.51. The molecule has 26 heavy (non-hydrogen) atoms. The molecule has 1 aromatic carbocycles. The van der Waals surface area contributed by atoms with Gasteiger partial charge in [0.2, 0.25) is 0 Å². The minimum atomic E-state index is -1.76. The van der Waals surface area contributed by atoms with E-state index in [0.717, 1.165) is 6.42 Å². The number of ether oxygens (including phenoxy) is 1. The first-order valence-corrected chi connectivity index (χ1v) is 15.5. The van der Waals surface area contributed by atoms with Crippen molar-refractivity contribution in [2.75, 3.05) is 7.11 Å². The molecule has 0 saturated carbocycles. The number of methoxy groups -OCH3 is 1. The molecule has 0 unspecified atom stereocenters. The highest BCUT2D eigenvalue weighted by Crippen LogP contribution is 2.37. The summed E-state index contributed by atoms with van der Waals surface area (Å²) in [5, 5.41) is 4.84. The first kappa shape index (κ1) is 21.2. The molecule has 144 valence electrons. The van der Waals surface area contributed by atoms with E-state index in [0.29, 0.717) is 0 Å². The number of rotatable bonds is 6. The zero-order chi connectivity index (χ0) is 19.7. The Morgan fingerprint density at radius 2 is 1.77 bits per heavy atom. The number of hydrogen-bond donors (Lipinski definition) is 0. The number of aryl methyl sites for hydroxylation is 1. The molecule has 0 N–H and O–H groups in total. The molecule has 0 amide bonds. The lowest BCUT2D eigenvalue weighted by molar-refractivity contribution is 0.401. The lowest BCUT2D eigenvalue weighted by atomic mass is 9.85. The molecule has 2 rings (SSSR count). The van der Waals surface area contributed by atoms with Gasteiger partial charge in [-0.25, -0.2) is 0 Å². The summed E-state index contributed by atoms with van der Waals surface area (Å²) in [6.45, 7) is 19.1. The Kier molecular flexibility index (Phi) is 6.45. The van der Waals surface area contributed by atoms with Gasteiger partial charge >= 0.3 is 0 Å². The van der Waals surface area contributed by atoms with Crippen molar-refractivity contribution in [1.29, 1.82) is 0 Å². The summed E-state index contributed by atoms with van der Waals surface area (Å²) < 4.78 is 6.23. The third-order valence-corrected chi connectivity index (χ3v) is 13.5. The van der Waals surface area contributed by atoms with Crippen molar-refractivity contribution < 1.29 is 4.74 Å². The summed E-state index contributed by atoms with van der Waals surface area (Å²) in [7, 11) is -0.833. The highest BCUT2D eigenvalue weighted by molar-refractivity contribution is 6.98. The fourth-order valence-corrected chi connectivity index (χ4v) is 11.7. The molecule has 0 aliphatic heterocycles. The Labute approximate surface area is 164 Å². The van der Waals surface area contributed by atoms with Crippen LogP contribution in [0.3, 0.4) is 0 Å². The normalized spacial score (nSPS) is 14.9. The predicted molar refractivity (Wildman–Crippen MR) is 123 cm³/mol. The van der Waals surface area contributed by atoms with Crippen molar-refractivity contribution in [3.8, 4) is 5.75 Å². The van der Waals surface area contributed by atoms with Crippen LogP contribution in [0.2, 0.25) is 25.2 Å². The molecule has 3 heteroatoms. The molecule has 0 fully saturated rings. The molecule has 0 saturated heterocycles. The van der Waals surface area contributed by atoms with Gasteiger partial charge < -0.3 is 4.74 Å². The Morgan fingerprint density at radius 3 is 2.15 bits per heavy atom. The molecule has 0 radical (unpaired) electrons. The summed E-state index contributed by atoms with van der Waals surface area (Å²) in [5.74, 6) is 1.21. The molecule has 1 aliphatic carbocycles. The van der Waals surface area contributed by atoms with Gasteiger partial charge in [-0.2, -0.15) is 0 Å². The second-order valence-corrected chi connectivity index (χ2v) is 16.7. The van der Waals surface area contributed by atoms with Crippen LogP contribution in [-0.2, 0) is 5.41 Å². The third kappa shape index (κ3) is 3.53. The van der Waals surface area contributed by atoms with E-state index in [2.05, 4.69) is 78.9 Å². The molecule has 1 aromatic rings. The SMILES string of the molecule is CC[Si](CC)(C1=CC=CC1)c1cc(C)c([SiH](C)C)c(C(C)(C)C)c1OC. The van der Waals surface area contributed by atoms with Crippen LogP contribution in [0.15, 0.2) is 29.5 Å². The standard InChI is InChI=1S/C23H38OSi2/c1-10-26(11-2,18-14-12-13-15-18)19-16-17(3)22(25(8)9)20(21(19)24-7)23(4,5)6/h12-14,16,25H,10-11,15H2,1-9H3. The van der Waals surface area contributed by atoms with Crippen molar-refractivity contribution in [3.05, 3.63) is 40.6 Å². The molecule has 0 aromatic heterocycles. The minimum Gasteiger partial charge on any atom is -0.497 e. The fraction of sp³-hybridized carbons (Fsp3) is 0.565. The quantitative estimate of drug-likeness (QED) is 0.617. The molecule has 1 nitrogen and oxygen atoms in total. The van der Waals surface area contributed by atoms with E-state index in [-0.39, 0.29) is 5.41 Å². The molecule has 1 aliphatic rings. The van der Waals surface area contributed by atoms with Crippen LogP contribution in [0, 0.1) is 6.92 Å². The molecular weight excluding hydrogens is 348 g/mol. The summed E-state index contributed by atoms with van der Waals surface area (Å²) in [5.41, 5.74) is 3.09. The van der Waals surface area contributed by atoms with Crippen molar-refractivity contribution in [2.24, 2.45) is 0 Å². The maximum Gasteiger partial charge on any atom is 0.122 e. The van der Waals surface area contributed by atoms with Gasteiger partial charge in [0, 0.05) is 0 Å². The van der Waals surface area contributed by atoms with E-state index in [1.165, 1.54) is 29.0 Å². The number of allylic oxidation sites excluding steroid dienone is 4. The summed E-state index contributed by atoms with van der Waals surface area (Å²) in [6, 6.07) is 5.01. The Morgan fingerprint density at radius 1 is 1.15 bits per heavy atom. The van der Waals surface area contributed by atoms with Crippen molar-refractivity contribution >= 4 is 27.2 Å². The molecule has 0 atom stereocenters. The maximum atomic E-state index is 6.23. The van der Waals surface area contributed by atoms with E-state index >= 15 is 0 Å². The van der Waals surface area contributed by atoms with Gasteiger partial charge in [0.05, 0.1) is 15.9 Å². The number of hydrogen-bond acceptors (Lipinski definition) is 1. The van der Waals surface area contributed by atoms with Crippen LogP contribution in [0.1, 0.15) is 52.2 Å². The van der Waals surface area contributed by atoms with Crippen LogP contribution in [-0.4, -0.2) is 24.0 Å². The fourth-order valence-electron chi connectivity index (χ4n) is 4.93. The topological polar surface area (TPSA) is 9.23 Å². The van der Waals surface area contributed by atoms with Crippen molar-refractivity contribution in [3.63, 3.8) is 0 Å². The second kappa shape index (κ2) is 7.89. The van der Waals surface area contributed by atoms with E-state index in [9.17, 15) is 0 Å². The first-order valence-electron chi connectivity index (χ1n) is 10.2. The van der Waals surface area contributed by atoms with Gasteiger partial charge in [-0.3, -0.25) is 0 Å². The van der Waals surface area contributed by atoms with E-state index in [1.807, 2.05) is 7.11 Å². The zero-order valence-corrected chi connectivity index (χ0v) is 20.6. The summed E-state index contributed by atoms with van der Waals surface area (Å²) in [4.78, 5) is 0. The predicted octanol–water partition coefficient (Wildman–Crippen LogP) is 5.12. The van der Waals surface area contributed by atoms with Gasteiger partial charge in [-0.1, -0.05) is 100 Å². The van der Waals surface area contributed by atoms with Crippen LogP contribution in [0.5, 0.6) is 5.75 Å². The van der Waals surface area contributed by atoms with Crippen LogP contribution in [0.4, 0.5) is 0 Å². The summed E-state index contributed by atoms with van der Waals surface area (Å²) >= 11 is 0. The highest BCUT2D eigenvalue weighted by Gasteiger charge is 2.40. The average Bonchev–Trinajstić information content (AvgIpc) is 3.09. The monoisotopic (exact) mass is 386 g/mol. The van der Waals surface area contributed by atoms with Crippen LogP contribution >= 0.6 is 0 Å². The van der Waals surface area contributed by atoms with Gasteiger partial charge in [-0.15, -0.1) is 0 Å². The molecule has 0 spiro atoms. The van der Waals surface area contributed by atoms with Crippen LogP contribution < -0.4 is 15.1 Å². The largest absolute Gasteiger partial charge is 0.497 e. The Balaban J connectivity index is 2.91.